The van der Waals surface area contributed by atoms with E-state index < -0.39 is 42.4 Å². The molecule has 0 bridgehead atoms. The van der Waals surface area contributed by atoms with Crippen molar-refractivity contribution in [1.82, 2.24) is 0 Å². The Kier molecular flexibility index (Phi) is 2.24. The van der Waals surface area contributed by atoms with Gasteiger partial charge in [-0.3, -0.25) is 0 Å². The van der Waals surface area contributed by atoms with Crippen LogP contribution in [0, 0.1) is 0 Å². The van der Waals surface area contributed by atoms with Crippen LogP contribution in [0.3, 0.4) is 0 Å². The first-order valence-electron chi connectivity index (χ1n) is 5.79. The lowest BCUT2D eigenvalue weighted by atomic mass is 10.0. The van der Waals surface area contributed by atoms with E-state index in [1.54, 1.807) is 0 Å². The van der Waals surface area contributed by atoms with Crippen molar-refractivity contribution >= 4 is 12.4 Å². The van der Waals surface area contributed by atoms with Crippen LogP contribution in [0.15, 0.2) is 30.2 Å². The Morgan fingerprint density at radius 2 is 1.92 bits per heavy atom. The van der Waals surface area contributed by atoms with Crippen LogP contribution >= 0.6 is 12.4 Å². The van der Waals surface area contributed by atoms with Gasteiger partial charge in [-0.25, -0.2) is 0 Å². The van der Waals surface area contributed by atoms with Gasteiger partial charge in [0.05, 0.1) is 13.0 Å². The molecule has 1 aromatic carbocycles. The summed E-state index contributed by atoms with van der Waals surface area (Å²) >= 11 is 0. The average molecular weight is 193 g/mol. The number of benzene rings is 1. The first kappa shape index (κ1) is 5.22. The molecule has 0 aliphatic rings. The molecular weight excluding hydrogens is 174 g/mol. The average Bonchev–Trinajstić information content (AvgIpc) is 2.23. The number of hydrogen-bond acceptors (Lipinski definition) is 2. The number of aliphatic hydroxyl groups excluding tert-OH is 1. The largest absolute Gasteiger partial charge is 0.387 e. The van der Waals surface area contributed by atoms with Crippen LogP contribution in [-0.4, -0.2) is 11.1 Å². The highest BCUT2D eigenvalue weighted by Gasteiger charge is 2.10. The summed E-state index contributed by atoms with van der Waals surface area (Å²) in [4.78, 5) is 0. The zero-order chi connectivity index (χ0) is 12.6. The third-order valence-corrected chi connectivity index (χ3v) is 1.31. The van der Waals surface area contributed by atoms with Gasteiger partial charge < -0.3 is 10.8 Å². The molecule has 0 radical (unpaired) electrons. The quantitative estimate of drug-likeness (QED) is 0.746. The summed E-state index contributed by atoms with van der Waals surface area (Å²) in [7, 11) is 0. The Morgan fingerprint density at radius 1 is 1.42 bits per heavy atom. The third kappa shape index (κ3) is 2.81. The van der Waals surface area contributed by atoms with Crippen molar-refractivity contribution in [3.63, 3.8) is 0 Å². The standard InChI is InChI=1S/C9H13NO.ClH/c1-7(10)9(11)8-5-3-2-4-6-8;/h2-7,9,11H,10H2,1H3;1H/t7-,9-;/m1./s1/i2D,3D,4D,5D,6D;. The second-order valence-electron chi connectivity index (χ2n) is 2.34. The highest BCUT2D eigenvalue weighted by atomic mass is 35.5. The summed E-state index contributed by atoms with van der Waals surface area (Å²) < 4.78 is 37.3. The van der Waals surface area contributed by atoms with Crippen LogP contribution in [0.4, 0.5) is 0 Å². The molecule has 2 nitrogen and oxygen atoms in total. The highest BCUT2D eigenvalue weighted by molar-refractivity contribution is 5.85. The van der Waals surface area contributed by atoms with Gasteiger partial charge in [-0.2, -0.15) is 0 Å². The van der Waals surface area contributed by atoms with Gasteiger partial charge in [0.25, 0.3) is 0 Å². The first-order valence-corrected chi connectivity index (χ1v) is 3.29. The van der Waals surface area contributed by atoms with Gasteiger partial charge in [-0.1, -0.05) is 30.2 Å². The maximum Gasteiger partial charge on any atom is 0.0938 e. The molecule has 3 heteroatoms. The number of nitrogens with two attached hydrogens (primary N) is 1. The number of hydrogen-bond donors (Lipinski definition) is 2. The Bertz CT molecular complexity index is 397. The molecule has 0 aliphatic carbocycles. The molecule has 0 saturated heterocycles. The minimum Gasteiger partial charge on any atom is -0.387 e. The lowest BCUT2D eigenvalue weighted by molar-refractivity contribution is 0.153. The predicted molar refractivity (Wildman–Crippen MR) is 52.3 cm³/mol. The Balaban J connectivity index is 0.00000256. The molecule has 12 heavy (non-hydrogen) atoms. The van der Waals surface area contributed by atoms with Crippen molar-refractivity contribution in [2.45, 2.75) is 19.1 Å². The number of rotatable bonds is 2. The number of aliphatic hydroxyl groups is 1. The maximum absolute atomic E-state index is 9.71. The first-order chi connectivity index (χ1) is 7.29. The van der Waals surface area contributed by atoms with Crippen LogP contribution in [-0.2, 0) is 0 Å². The summed E-state index contributed by atoms with van der Waals surface area (Å²) in [6.07, 6.45) is -1.27. The molecule has 1 aromatic rings. The second-order valence-corrected chi connectivity index (χ2v) is 2.34. The third-order valence-electron chi connectivity index (χ3n) is 1.31. The van der Waals surface area contributed by atoms with Crippen LogP contribution < -0.4 is 5.73 Å². The van der Waals surface area contributed by atoms with Crippen LogP contribution in [0.5, 0.6) is 0 Å². The van der Waals surface area contributed by atoms with Gasteiger partial charge in [0.15, 0.2) is 0 Å². The summed E-state index contributed by atoms with van der Waals surface area (Å²) in [6.45, 7) is 1.51. The Hall–Kier alpha value is -0.570. The lowest BCUT2D eigenvalue weighted by Crippen LogP contribution is -2.24. The van der Waals surface area contributed by atoms with Crippen LogP contribution in [0.25, 0.3) is 0 Å². The van der Waals surface area contributed by atoms with Gasteiger partial charge in [0.2, 0.25) is 0 Å². The van der Waals surface area contributed by atoms with E-state index in [0.29, 0.717) is 0 Å². The van der Waals surface area contributed by atoms with E-state index in [9.17, 15) is 5.11 Å². The van der Waals surface area contributed by atoms with E-state index in [-0.39, 0.29) is 18.0 Å². The minimum absolute atomic E-state index is 0. The maximum atomic E-state index is 9.71. The summed E-state index contributed by atoms with van der Waals surface area (Å²) in [5.74, 6) is 0. The van der Waals surface area contributed by atoms with Crippen molar-refractivity contribution in [2.24, 2.45) is 5.73 Å². The van der Waals surface area contributed by atoms with Crippen molar-refractivity contribution < 1.29 is 12.0 Å². The van der Waals surface area contributed by atoms with Crippen molar-refractivity contribution in [2.75, 3.05) is 0 Å². The fourth-order valence-corrected chi connectivity index (χ4v) is 0.670. The van der Waals surface area contributed by atoms with Gasteiger partial charge in [-0.15, -0.1) is 12.4 Å². The summed E-state index contributed by atoms with van der Waals surface area (Å²) in [5.41, 5.74) is 5.31. The number of halogens is 1. The van der Waals surface area contributed by atoms with E-state index in [1.165, 1.54) is 6.92 Å². The molecule has 0 saturated carbocycles. The SMILES string of the molecule is Cl.[2H]c1c([2H])c([2H])c([C@H](O)[C@@H](C)N)c([2H])c1[2H]. The molecule has 68 valence electrons. The Labute approximate surface area is 85.8 Å². The fourth-order valence-electron chi connectivity index (χ4n) is 0.670. The zero-order valence-electron chi connectivity index (χ0n) is 11.6. The molecule has 0 aliphatic heterocycles. The molecule has 0 heterocycles. The van der Waals surface area contributed by atoms with Crippen LogP contribution in [0.1, 0.15) is 25.4 Å². The normalized spacial score (nSPS) is 20.4. The van der Waals surface area contributed by atoms with Gasteiger partial charge in [0, 0.05) is 6.04 Å². The fraction of sp³-hybridized carbons (Fsp3) is 0.333. The van der Waals surface area contributed by atoms with E-state index in [1.807, 2.05) is 0 Å². The van der Waals surface area contributed by atoms with Crippen molar-refractivity contribution in [1.29, 1.82) is 0 Å². The van der Waals surface area contributed by atoms with Crippen molar-refractivity contribution in [3.8, 4) is 0 Å². The molecular formula is C9H14ClNO. The highest BCUT2D eigenvalue weighted by Crippen LogP contribution is 2.13. The van der Waals surface area contributed by atoms with Crippen molar-refractivity contribution in [3.05, 3.63) is 35.8 Å². The summed E-state index contributed by atoms with van der Waals surface area (Å²) in [5, 5.41) is 9.71. The lowest BCUT2D eigenvalue weighted by Gasteiger charge is -2.13. The van der Waals surface area contributed by atoms with Gasteiger partial charge in [0.1, 0.15) is 0 Å². The molecule has 1 rings (SSSR count). The van der Waals surface area contributed by atoms with Gasteiger partial charge in [-0.05, 0) is 12.5 Å². The second kappa shape index (κ2) is 5.14. The molecule has 0 amide bonds. The monoisotopic (exact) mass is 192 g/mol. The molecule has 0 fully saturated rings. The molecule has 0 unspecified atom stereocenters. The molecule has 0 aromatic heterocycles. The van der Waals surface area contributed by atoms with E-state index in [0.717, 1.165) is 0 Å². The smallest absolute Gasteiger partial charge is 0.0938 e. The zero-order valence-corrected chi connectivity index (χ0v) is 7.40. The van der Waals surface area contributed by atoms with Gasteiger partial charge >= 0.3 is 0 Å². The Morgan fingerprint density at radius 3 is 2.33 bits per heavy atom. The minimum atomic E-state index is -1.27. The van der Waals surface area contributed by atoms with Crippen LogP contribution in [0.2, 0.25) is 0 Å². The molecule has 2 atom stereocenters. The van der Waals surface area contributed by atoms with E-state index >= 15 is 0 Å². The predicted octanol–water partition coefficient (Wildman–Crippen LogP) is 1.49. The topological polar surface area (TPSA) is 46.2 Å². The summed E-state index contributed by atoms with van der Waals surface area (Å²) in [6, 6.07) is -2.92. The molecule has 3 N–H and O–H groups in total. The van der Waals surface area contributed by atoms with E-state index in [4.69, 9.17) is 12.6 Å². The molecule has 0 spiro atoms. The van der Waals surface area contributed by atoms with E-state index in [2.05, 4.69) is 0 Å².